The molecule has 2 aromatic carbocycles. The van der Waals surface area contributed by atoms with Crippen molar-refractivity contribution >= 4 is 17.5 Å². The number of halogens is 9. The topological polar surface area (TPSA) is 58.2 Å². The molecule has 0 unspecified atom stereocenters. The number of amides is 2. The molecule has 2 amide bonds. The number of rotatable bonds is 5. The van der Waals surface area contributed by atoms with Gasteiger partial charge in [0.2, 0.25) is 5.91 Å². The second-order valence-corrected chi connectivity index (χ2v) is 6.51. The first-order valence-corrected chi connectivity index (χ1v) is 8.58. The smallest absolute Gasteiger partial charge is 0.347 e. The minimum atomic E-state index is -5.12. The van der Waals surface area contributed by atoms with Crippen LogP contribution in [-0.4, -0.2) is 24.5 Å². The van der Waals surface area contributed by atoms with Crippen molar-refractivity contribution in [2.75, 3.05) is 11.9 Å². The molecule has 0 bridgehead atoms. The zero-order valence-electron chi connectivity index (χ0n) is 15.7. The number of hydrogen-bond donors (Lipinski definition) is 2. The summed E-state index contributed by atoms with van der Waals surface area (Å²) >= 11 is 0. The minimum absolute atomic E-state index is 0.0274. The second kappa shape index (κ2) is 9.09. The zero-order chi connectivity index (χ0) is 24.3. The number of nitrogens with one attached hydrogen (secondary N) is 2. The van der Waals surface area contributed by atoms with E-state index < -0.39 is 60.0 Å². The van der Waals surface area contributed by atoms with Crippen molar-refractivity contribution in [3.8, 4) is 0 Å². The Morgan fingerprint density at radius 2 is 1.25 bits per heavy atom. The SMILES string of the molecule is O=C(Cc1ccc(NC(=O)c2cc(C(F)(F)F)cc(C(F)(F)F)c2)cc1)NCC(F)(F)F. The third-order valence-electron chi connectivity index (χ3n) is 3.91. The highest BCUT2D eigenvalue weighted by Crippen LogP contribution is 2.36. The van der Waals surface area contributed by atoms with Gasteiger partial charge in [0.25, 0.3) is 5.91 Å². The Hall–Kier alpha value is -3.25. The van der Waals surface area contributed by atoms with Crippen LogP contribution in [0.15, 0.2) is 42.5 Å². The quantitative estimate of drug-likeness (QED) is 0.588. The fraction of sp³-hybridized carbons (Fsp3) is 0.263. The predicted molar refractivity (Wildman–Crippen MR) is 93.6 cm³/mol. The van der Waals surface area contributed by atoms with E-state index in [-0.39, 0.29) is 29.4 Å². The van der Waals surface area contributed by atoms with Gasteiger partial charge in [0.05, 0.1) is 17.5 Å². The van der Waals surface area contributed by atoms with Crippen LogP contribution in [0, 0.1) is 0 Å². The summed E-state index contributed by atoms with van der Waals surface area (Å²) in [6.45, 7) is -1.52. The van der Waals surface area contributed by atoms with Gasteiger partial charge in [0, 0.05) is 11.3 Å². The average molecular weight is 472 g/mol. The lowest BCUT2D eigenvalue weighted by molar-refractivity contribution is -0.143. The summed E-state index contributed by atoms with van der Waals surface area (Å²) in [7, 11) is 0. The molecule has 0 saturated heterocycles. The molecule has 0 aliphatic carbocycles. The molecule has 0 heterocycles. The van der Waals surface area contributed by atoms with Gasteiger partial charge in [-0.25, -0.2) is 0 Å². The predicted octanol–water partition coefficient (Wildman–Crippen LogP) is 5.20. The third-order valence-corrected chi connectivity index (χ3v) is 3.91. The highest BCUT2D eigenvalue weighted by molar-refractivity contribution is 6.04. The largest absolute Gasteiger partial charge is 0.416 e. The van der Waals surface area contributed by atoms with Gasteiger partial charge >= 0.3 is 18.5 Å². The Labute approximate surface area is 174 Å². The number of carbonyl (C=O) groups excluding carboxylic acids is 2. The van der Waals surface area contributed by atoms with Gasteiger partial charge in [-0.3, -0.25) is 9.59 Å². The van der Waals surface area contributed by atoms with E-state index >= 15 is 0 Å². The summed E-state index contributed by atoms with van der Waals surface area (Å²) in [4.78, 5) is 23.7. The molecule has 0 spiro atoms. The Balaban J connectivity index is 2.13. The van der Waals surface area contributed by atoms with Crippen LogP contribution in [0.2, 0.25) is 0 Å². The van der Waals surface area contributed by atoms with Gasteiger partial charge < -0.3 is 10.6 Å². The molecule has 4 nitrogen and oxygen atoms in total. The van der Waals surface area contributed by atoms with E-state index in [2.05, 4.69) is 5.32 Å². The van der Waals surface area contributed by atoms with E-state index in [1.165, 1.54) is 24.3 Å². The van der Waals surface area contributed by atoms with E-state index in [9.17, 15) is 49.1 Å². The lowest BCUT2D eigenvalue weighted by atomic mass is 10.0. The van der Waals surface area contributed by atoms with Crippen LogP contribution < -0.4 is 10.6 Å². The zero-order valence-corrected chi connectivity index (χ0v) is 15.7. The number of benzene rings is 2. The van der Waals surface area contributed by atoms with Crippen LogP contribution in [0.1, 0.15) is 27.0 Å². The molecule has 0 aliphatic heterocycles. The monoisotopic (exact) mass is 472 g/mol. The Bertz CT molecular complexity index is 946. The standard InChI is InChI=1S/C19H13F9N2O2/c20-17(21,22)9-29-15(31)5-10-1-3-14(4-2-10)30-16(32)11-6-12(18(23,24)25)8-13(7-11)19(26,27)28/h1-4,6-8H,5,9H2,(H,29,31)(H,30,32). The summed E-state index contributed by atoms with van der Waals surface area (Å²) in [6, 6.07) is 5.28. The van der Waals surface area contributed by atoms with E-state index in [1.54, 1.807) is 5.32 Å². The molecule has 0 atom stereocenters. The molecule has 2 aromatic rings. The number of anilines is 1. The highest BCUT2D eigenvalue weighted by atomic mass is 19.4. The molecule has 13 heteroatoms. The number of alkyl halides is 9. The van der Waals surface area contributed by atoms with Gasteiger partial charge in [-0.2, -0.15) is 39.5 Å². The normalized spacial score (nSPS) is 12.4. The van der Waals surface area contributed by atoms with Crippen LogP contribution in [0.5, 0.6) is 0 Å². The summed E-state index contributed by atoms with van der Waals surface area (Å²) in [5, 5.41) is 3.77. The number of hydrogen-bond acceptors (Lipinski definition) is 2. The van der Waals surface area contributed by atoms with E-state index in [4.69, 9.17) is 0 Å². The van der Waals surface area contributed by atoms with Gasteiger partial charge in [0.15, 0.2) is 0 Å². The van der Waals surface area contributed by atoms with Crippen molar-refractivity contribution in [1.82, 2.24) is 5.32 Å². The third kappa shape index (κ3) is 7.46. The Morgan fingerprint density at radius 3 is 1.69 bits per heavy atom. The maximum absolute atomic E-state index is 12.9. The van der Waals surface area contributed by atoms with Crippen molar-refractivity contribution < 1.29 is 49.1 Å². The van der Waals surface area contributed by atoms with Gasteiger partial charge in [0.1, 0.15) is 6.54 Å². The lowest BCUT2D eigenvalue weighted by Crippen LogP contribution is -2.34. The first-order chi connectivity index (χ1) is 14.5. The fourth-order valence-corrected chi connectivity index (χ4v) is 2.44. The van der Waals surface area contributed by atoms with Crippen LogP contribution in [-0.2, 0) is 23.6 Å². The molecule has 0 fully saturated rings. The van der Waals surface area contributed by atoms with E-state index in [0.717, 1.165) is 0 Å². The van der Waals surface area contributed by atoms with Gasteiger partial charge in [-0.1, -0.05) is 12.1 Å². The summed E-state index contributed by atoms with van der Waals surface area (Å²) in [6.07, 6.45) is -15.2. The van der Waals surface area contributed by atoms with Crippen LogP contribution in [0.3, 0.4) is 0 Å². The highest BCUT2D eigenvalue weighted by Gasteiger charge is 2.37. The molecule has 2 rings (SSSR count). The van der Waals surface area contributed by atoms with Crippen LogP contribution >= 0.6 is 0 Å². The van der Waals surface area contributed by atoms with Crippen molar-refractivity contribution in [1.29, 1.82) is 0 Å². The van der Waals surface area contributed by atoms with Crippen molar-refractivity contribution in [2.45, 2.75) is 24.9 Å². The van der Waals surface area contributed by atoms with E-state index in [0.29, 0.717) is 0 Å². The van der Waals surface area contributed by atoms with Gasteiger partial charge in [-0.05, 0) is 35.9 Å². The maximum Gasteiger partial charge on any atom is 0.416 e. The average Bonchev–Trinajstić information content (AvgIpc) is 2.65. The molecular formula is C19H13F9N2O2. The first kappa shape index (κ1) is 25.0. The van der Waals surface area contributed by atoms with Crippen molar-refractivity contribution in [2.24, 2.45) is 0 Å². The first-order valence-electron chi connectivity index (χ1n) is 8.58. The van der Waals surface area contributed by atoms with Crippen LogP contribution in [0.4, 0.5) is 45.2 Å². The van der Waals surface area contributed by atoms with Gasteiger partial charge in [-0.15, -0.1) is 0 Å². The van der Waals surface area contributed by atoms with Crippen molar-refractivity contribution in [3.05, 3.63) is 64.7 Å². The molecule has 32 heavy (non-hydrogen) atoms. The Kier molecular flexibility index (Phi) is 7.10. The lowest BCUT2D eigenvalue weighted by Gasteiger charge is -2.14. The fourth-order valence-electron chi connectivity index (χ4n) is 2.44. The molecule has 0 aliphatic rings. The Morgan fingerprint density at radius 1 is 0.750 bits per heavy atom. The summed E-state index contributed by atoms with van der Waals surface area (Å²) < 4.78 is 114. The molecule has 174 valence electrons. The molecular weight excluding hydrogens is 459 g/mol. The molecule has 0 saturated carbocycles. The summed E-state index contributed by atoms with van der Waals surface area (Å²) in [5.74, 6) is -2.18. The molecule has 2 N–H and O–H groups in total. The molecule has 0 radical (unpaired) electrons. The molecule has 0 aromatic heterocycles. The van der Waals surface area contributed by atoms with Crippen LogP contribution in [0.25, 0.3) is 0 Å². The van der Waals surface area contributed by atoms with Crippen molar-refractivity contribution in [3.63, 3.8) is 0 Å². The number of carbonyl (C=O) groups is 2. The maximum atomic E-state index is 12.9. The second-order valence-electron chi connectivity index (χ2n) is 6.51. The minimum Gasteiger partial charge on any atom is -0.347 e. The van der Waals surface area contributed by atoms with E-state index in [1.807, 2.05) is 0 Å². The summed E-state index contributed by atoms with van der Waals surface area (Å²) in [5.41, 5.74) is -3.97.